The molecule has 5 nitrogen and oxygen atoms in total. The van der Waals surface area contributed by atoms with Gasteiger partial charge in [0.25, 0.3) is 0 Å². The van der Waals surface area contributed by atoms with Crippen LogP contribution in [0.25, 0.3) is 11.2 Å². The van der Waals surface area contributed by atoms with E-state index in [1.807, 2.05) is 13.8 Å². The number of nitrogens with two attached hydrogens (primary N) is 1. The highest BCUT2D eigenvalue weighted by Crippen LogP contribution is 2.14. The minimum Gasteiger partial charge on any atom is -0.382 e. The van der Waals surface area contributed by atoms with Gasteiger partial charge in [0.1, 0.15) is 5.82 Å². The first kappa shape index (κ1) is 8.80. The zero-order valence-electron chi connectivity index (χ0n) is 8.37. The van der Waals surface area contributed by atoms with Gasteiger partial charge in [0.2, 0.25) is 0 Å². The molecule has 2 heterocycles. The third-order valence-electron chi connectivity index (χ3n) is 2.08. The minimum absolute atomic E-state index is 0.392. The molecule has 2 aromatic heterocycles. The van der Waals surface area contributed by atoms with Gasteiger partial charge >= 0.3 is 0 Å². The summed E-state index contributed by atoms with van der Waals surface area (Å²) in [6.07, 6.45) is 0. The van der Waals surface area contributed by atoms with Gasteiger partial charge in [-0.05, 0) is 20.8 Å². The molecule has 0 radical (unpaired) electrons. The number of fused-ring (bicyclic) bond motifs is 1. The third-order valence-corrected chi connectivity index (χ3v) is 2.08. The average Bonchev–Trinajstić information content (AvgIpc) is 2.08. The van der Waals surface area contributed by atoms with E-state index < -0.39 is 0 Å². The molecule has 72 valence electrons. The fourth-order valence-electron chi connectivity index (χ4n) is 1.25. The maximum atomic E-state index is 5.72. The maximum absolute atomic E-state index is 5.72. The SMILES string of the molecule is Cc1nc(N)c2nc(C)c(C)nc2n1. The third kappa shape index (κ3) is 1.26. The van der Waals surface area contributed by atoms with Gasteiger partial charge in [-0.3, -0.25) is 0 Å². The van der Waals surface area contributed by atoms with E-state index in [0.717, 1.165) is 11.4 Å². The van der Waals surface area contributed by atoms with Crippen molar-refractivity contribution in [3.63, 3.8) is 0 Å². The van der Waals surface area contributed by atoms with E-state index in [4.69, 9.17) is 5.73 Å². The molecule has 2 rings (SSSR count). The normalized spacial score (nSPS) is 10.8. The highest BCUT2D eigenvalue weighted by molar-refractivity contribution is 5.80. The first-order valence-corrected chi connectivity index (χ1v) is 4.33. The number of hydrogen-bond acceptors (Lipinski definition) is 5. The van der Waals surface area contributed by atoms with Crippen molar-refractivity contribution in [2.45, 2.75) is 20.8 Å². The standard InChI is InChI=1S/C9H11N5/c1-4-5(2)12-9-7(11-4)8(10)13-6(3)14-9/h1-3H3,(H2,10,12,13,14). The number of aryl methyl sites for hydroxylation is 3. The van der Waals surface area contributed by atoms with E-state index >= 15 is 0 Å². The van der Waals surface area contributed by atoms with Crippen molar-refractivity contribution in [3.8, 4) is 0 Å². The lowest BCUT2D eigenvalue weighted by Crippen LogP contribution is -2.03. The van der Waals surface area contributed by atoms with Crippen LogP contribution in [0.2, 0.25) is 0 Å². The number of nitrogen functional groups attached to an aromatic ring is 1. The quantitative estimate of drug-likeness (QED) is 0.667. The smallest absolute Gasteiger partial charge is 0.184 e. The Morgan fingerprint density at radius 1 is 0.857 bits per heavy atom. The zero-order valence-corrected chi connectivity index (χ0v) is 8.37. The fourth-order valence-corrected chi connectivity index (χ4v) is 1.25. The monoisotopic (exact) mass is 189 g/mol. The Kier molecular flexibility index (Phi) is 1.80. The highest BCUT2D eigenvalue weighted by atomic mass is 15.0. The highest BCUT2D eigenvalue weighted by Gasteiger charge is 2.07. The molecule has 0 aliphatic carbocycles. The van der Waals surface area contributed by atoms with Crippen LogP contribution in [0, 0.1) is 20.8 Å². The number of nitrogens with zero attached hydrogens (tertiary/aromatic N) is 4. The van der Waals surface area contributed by atoms with Crippen molar-refractivity contribution in [1.82, 2.24) is 19.9 Å². The van der Waals surface area contributed by atoms with Crippen LogP contribution in [-0.4, -0.2) is 19.9 Å². The molecule has 2 N–H and O–H groups in total. The average molecular weight is 189 g/mol. The molecule has 0 aromatic carbocycles. The van der Waals surface area contributed by atoms with Crippen molar-refractivity contribution in [2.75, 3.05) is 5.73 Å². The molecule has 0 amide bonds. The predicted molar refractivity (Wildman–Crippen MR) is 53.8 cm³/mol. The molecule has 0 saturated heterocycles. The fraction of sp³-hybridized carbons (Fsp3) is 0.333. The lowest BCUT2D eigenvalue weighted by Gasteiger charge is -2.03. The summed E-state index contributed by atoms with van der Waals surface area (Å²) in [4.78, 5) is 16.8. The topological polar surface area (TPSA) is 77.6 Å². The lowest BCUT2D eigenvalue weighted by atomic mass is 10.3. The molecule has 5 heteroatoms. The molecular formula is C9H11N5. The van der Waals surface area contributed by atoms with Crippen LogP contribution in [-0.2, 0) is 0 Å². The molecule has 0 aliphatic rings. The minimum atomic E-state index is 0.392. The largest absolute Gasteiger partial charge is 0.382 e. The van der Waals surface area contributed by atoms with Crippen LogP contribution < -0.4 is 5.73 Å². The second-order valence-electron chi connectivity index (χ2n) is 3.22. The van der Waals surface area contributed by atoms with Crippen molar-refractivity contribution >= 4 is 17.0 Å². The number of rotatable bonds is 0. The molecular weight excluding hydrogens is 178 g/mol. The van der Waals surface area contributed by atoms with Gasteiger partial charge in [0, 0.05) is 0 Å². The second-order valence-corrected chi connectivity index (χ2v) is 3.22. The van der Waals surface area contributed by atoms with Crippen LogP contribution in [0.15, 0.2) is 0 Å². The molecule has 0 fully saturated rings. The van der Waals surface area contributed by atoms with Gasteiger partial charge < -0.3 is 5.73 Å². The van der Waals surface area contributed by atoms with Crippen LogP contribution >= 0.6 is 0 Å². The van der Waals surface area contributed by atoms with Gasteiger partial charge in [-0.15, -0.1) is 0 Å². The molecule has 0 bridgehead atoms. The number of anilines is 1. The molecule has 2 aromatic rings. The van der Waals surface area contributed by atoms with Gasteiger partial charge in [-0.2, -0.15) is 0 Å². The summed E-state index contributed by atoms with van der Waals surface area (Å²) >= 11 is 0. The Bertz CT molecular complexity index is 506. The summed E-state index contributed by atoms with van der Waals surface area (Å²) in [5.74, 6) is 1.01. The van der Waals surface area contributed by atoms with Crippen LogP contribution in [0.4, 0.5) is 5.82 Å². The van der Waals surface area contributed by atoms with Crippen molar-refractivity contribution in [1.29, 1.82) is 0 Å². The lowest BCUT2D eigenvalue weighted by molar-refractivity contribution is 1.02. The molecule has 0 spiro atoms. The molecule has 0 unspecified atom stereocenters. The number of hydrogen-bond donors (Lipinski definition) is 1. The van der Waals surface area contributed by atoms with Crippen molar-refractivity contribution in [3.05, 3.63) is 17.2 Å². The zero-order chi connectivity index (χ0) is 10.3. The Balaban J connectivity index is 2.89. The maximum Gasteiger partial charge on any atom is 0.184 e. The summed E-state index contributed by atoms with van der Waals surface area (Å²) in [7, 11) is 0. The van der Waals surface area contributed by atoms with E-state index in [-0.39, 0.29) is 0 Å². The van der Waals surface area contributed by atoms with E-state index in [1.165, 1.54) is 0 Å². The molecule has 0 aliphatic heterocycles. The summed E-state index contributed by atoms with van der Waals surface area (Å²) in [6.45, 7) is 5.57. The summed E-state index contributed by atoms with van der Waals surface area (Å²) in [6, 6.07) is 0. The van der Waals surface area contributed by atoms with E-state index in [2.05, 4.69) is 19.9 Å². The van der Waals surface area contributed by atoms with Crippen LogP contribution in [0.5, 0.6) is 0 Å². The van der Waals surface area contributed by atoms with Gasteiger partial charge in [-0.1, -0.05) is 0 Å². The van der Waals surface area contributed by atoms with Crippen LogP contribution in [0.3, 0.4) is 0 Å². The Morgan fingerprint density at radius 2 is 1.50 bits per heavy atom. The van der Waals surface area contributed by atoms with Crippen molar-refractivity contribution in [2.24, 2.45) is 0 Å². The molecule has 0 saturated carbocycles. The summed E-state index contributed by atoms with van der Waals surface area (Å²) in [5.41, 5.74) is 8.60. The van der Waals surface area contributed by atoms with Crippen LogP contribution in [0.1, 0.15) is 17.2 Å². The van der Waals surface area contributed by atoms with E-state index in [0.29, 0.717) is 22.8 Å². The second kappa shape index (κ2) is 2.87. The first-order valence-electron chi connectivity index (χ1n) is 4.33. The summed E-state index contributed by atoms with van der Waals surface area (Å²) < 4.78 is 0. The van der Waals surface area contributed by atoms with E-state index in [9.17, 15) is 0 Å². The summed E-state index contributed by atoms with van der Waals surface area (Å²) in [5, 5.41) is 0. The van der Waals surface area contributed by atoms with Gasteiger partial charge in [0.15, 0.2) is 17.0 Å². The Hall–Kier alpha value is -1.78. The van der Waals surface area contributed by atoms with Gasteiger partial charge in [-0.25, -0.2) is 19.9 Å². The Labute approximate surface area is 81.4 Å². The molecule has 14 heavy (non-hydrogen) atoms. The van der Waals surface area contributed by atoms with Crippen molar-refractivity contribution < 1.29 is 0 Å². The predicted octanol–water partition coefficient (Wildman–Crippen LogP) is 0.927. The Morgan fingerprint density at radius 3 is 2.21 bits per heavy atom. The first-order chi connectivity index (χ1) is 6.58. The molecule has 0 atom stereocenters. The number of aromatic nitrogens is 4. The van der Waals surface area contributed by atoms with Gasteiger partial charge in [0.05, 0.1) is 11.4 Å². The van der Waals surface area contributed by atoms with E-state index in [1.54, 1.807) is 6.92 Å².